The lowest BCUT2D eigenvalue weighted by molar-refractivity contribution is -0.189. The van der Waals surface area contributed by atoms with E-state index in [1.165, 1.54) is 12.0 Å². The molecule has 4 aromatic rings. The van der Waals surface area contributed by atoms with E-state index in [2.05, 4.69) is 32.0 Å². The molecular weight excluding hydrogens is 494 g/mol. The van der Waals surface area contributed by atoms with Crippen LogP contribution in [0.4, 0.5) is 5.82 Å². The molecule has 198 valence electrons. The molecule has 3 aliphatic heterocycles. The molecular formula is C29H29N7O3. The van der Waals surface area contributed by atoms with Crippen molar-refractivity contribution in [2.24, 2.45) is 0 Å². The summed E-state index contributed by atoms with van der Waals surface area (Å²) in [6, 6.07) is 13.2. The molecule has 10 heteroatoms. The number of fused-ring (bicyclic) bond motifs is 3. The lowest BCUT2D eigenvalue weighted by Crippen LogP contribution is -2.68. The maximum atomic E-state index is 10.5. The van der Waals surface area contributed by atoms with Crippen LogP contribution in [0.15, 0.2) is 55.1 Å². The zero-order valence-corrected chi connectivity index (χ0v) is 21.7. The Morgan fingerprint density at radius 2 is 1.95 bits per heavy atom. The van der Waals surface area contributed by atoms with E-state index in [0.717, 1.165) is 43.0 Å². The molecule has 0 radical (unpaired) electrons. The van der Waals surface area contributed by atoms with Crippen molar-refractivity contribution in [3.8, 4) is 28.8 Å². The average molecular weight is 524 g/mol. The van der Waals surface area contributed by atoms with E-state index in [1.807, 2.05) is 36.7 Å². The topological polar surface area (TPSA) is 112 Å². The molecule has 0 amide bonds. The fourth-order valence-electron chi connectivity index (χ4n) is 5.96. The highest BCUT2D eigenvalue weighted by molar-refractivity contribution is 5.85. The number of ether oxygens (including phenoxy) is 2. The lowest BCUT2D eigenvalue weighted by Gasteiger charge is -2.56. The van der Waals surface area contributed by atoms with Gasteiger partial charge in [-0.25, -0.2) is 14.5 Å². The number of aliphatic hydroxyl groups is 1. The number of piperidine rings is 1. The first-order valence-corrected chi connectivity index (χ1v) is 13.3. The lowest BCUT2D eigenvalue weighted by atomic mass is 9.87. The van der Waals surface area contributed by atoms with E-state index in [1.54, 1.807) is 24.0 Å². The normalized spacial score (nSPS) is 21.6. The van der Waals surface area contributed by atoms with Gasteiger partial charge in [0.15, 0.2) is 0 Å². The van der Waals surface area contributed by atoms with Crippen LogP contribution in [0.5, 0.6) is 11.6 Å². The van der Waals surface area contributed by atoms with Crippen molar-refractivity contribution in [2.75, 3.05) is 25.1 Å². The highest BCUT2D eigenvalue weighted by Crippen LogP contribution is 2.38. The molecule has 2 atom stereocenters. The Balaban J connectivity index is 1.10. The second-order valence-electron chi connectivity index (χ2n) is 10.7. The molecule has 8 rings (SSSR count). The Morgan fingerprint density at radius 3 is 2.59 bits per heavy atom. The predicted molar refractivity (Wildman–Crippen MR) is 143 cm³/mol. The van der Waals surface area contributed by atoms with Gasteiger partial charge in [-0.15, -0.1) is 0 Å². The van der Waals surface area contributed by atoms with Crippen LogP contribution >= 0.6 is 0 Å². The number of piperazine rings is 1. The van der Waals surface area contributed by atoms with Crippen molar-refractivity contribution in [2.45, 2.75) is 50.1 Å². The summed E-state index contributed by atoms with van der Waals surface area (Å²) in [5.74, 6) is 0.960. The Labute approximate surface area is 226 Å². The molecule has 7 heterocycles. The van der Waals surface area contributed by atoms with Gasteiger partial charge in [-0.3, -0.25) is 4.90 Å². The van der Waals surface area contributed by atoms with Gasteiger partial charge in [-0.05, 0) is 36.6 Å². The molecule has 4 aromatic heterocycles. The second-order valence-corrected chi connectivity index (χ2v) is 10.7. The quantitative estimate of drug-likeness (QED) is 0.364. The SMILES string of the molecule is COc1ccc(CN2C3CC2CN(c2ccc(-c4cc(OC5(O)CCC5)cn5ncc(C#N)c45)cn2)C3)cn1. The molecule has 0 aromatic carbocycles. The van der Waals surface area contributed by atoms with Gasteiger partial charge in [0.25, 0.3) is 0 Å². The van der Waals surface area contributed by atoms with Crippen molar-refractivity contribution in [1.82, 2.24) is 24.5 Å². The molecule has 4 fully saturated rings. The van der Waals surface area contributed by atoms with E-state index in [4.69, 9.17) is 14.5 Å². The number of methoxy groups -OCH3 is 1. The molecule has 2 bridgehead atoms. The number of pyridine rings is 3. The Hall–Kier alpha value is -4.20. The summed E-state index contributed by atoms with van der Waals surface area (Å²) in [5, 5.41) is 24.6. The molecule has 3 saturated heterocycles. The van der Waals surface area contributed by atoms with Crippen LogP contribution in [0, 0.1) is 11.3 Å². The Morgan fingerprint density at radius 1 is 1.10 bits per heavy atom. The Kier molecular flexibility index (Phi) is 5.65. The van der Waals surface area contributed by atoms with Gasteiger partial charge in [-0.1, -0.05) is 6.07 Å². The number of aromatic nitrogens is 4. The first kappa shape index (κ1) is 23.9. The smallest absolute Gasteiger partial charge is 0.212 e. The minimum Gasteiger partial charge on any atom is -0.481 e. The monoisotopic (exact) mass is 523 g/mol. The highest BCUT2D eigenvalue weighted by Gasteiger charge is 2.44. The van der Waals surface area contributed by atoms with Crippen LogP contribution in [0.2, 0.25) is 0 Å². The molecule has 1 saturated carbocycles. The van der Waals surface area contributed by atoms with Crippen LogP contribution in [-0.2, 0) is 6.54 Å². The second kappa shape index (κ2) is 9.22. The van der Waals surface area contributed by atoms with Gasteiger partial charge in [0, 0.05) is 74.1 Å². The minimum absolute atomic E-state index is 0.478. The van der Waals surface area contributed by atoms with E-state index in [0.29, 0.717) is 47.6 Å². The number of rotatable bonds is 7. The van der Waals surface area contributed by atoms with Crippen molar-refractivity contribution in [3.63, 3.8) is 0 Å². The van der Waals surface area contributed by atoms with E-state index >= 15 is 0 Å². The number of anilines is 1. The van der Waals surface area contributed by atoms with Gasteiger partial charge in [0.05, 0.1) is 30.6 Å². The molecule has 39 heavy (non-hydrogen) atoms. The van der Waals surface area contributed by atoms with Gasteiger partial charge < -0.3 is 19.5 Å². The van der Waals surface area contributed by atoms with Crippen molar-refractivity contribution >= 4 is 11.3 Å². The summed E-state index contributed by atoms with van der Waals surface area (Å²) in [5.41, 5.74) is 4.03. The zero-order chi connectivity index (χ0) is 26.6. The standard InChI is InChI=1S/C29H29N7O3/c1-38-27-6-3-19(12-32-27)15-35-22-9-23(35)17-34(16-22)26-5-4-20(13-31-26)25-10-24(39-29(37)7-2-8-29)18-36-28(25)21(11-30)14-33-36/h3-6,10,12-14,18,22-23,37H,2,7-9,15-17H2,1H3. The molecule has 0 spiro atoms. The van der Waals surface area contributed by atoms with Crippen LogP contribution in [0.1, 0.15) is 36.8 Å². The van der Waals surface area contributed by atoms with Crippen LogP contribution in [0.3, 0.4) is 0 Å². The number of hydrogen-bond acceptors (Lipinski definition) is 9. The molecule has 2 unspecified atom stereocenters. The Bertz CT molecular complexity index is 1550. The van der Waals surface area contributed by atoms with Crippen LogP contribution in [0.25, 0.3) is 16.6 Å². The largest absolute Gasteiger partial charge is 0.481 e. The molecule has 1 aliphatic carbocycles. The summed E-state index contributed by atoms with van der Waals surface area (Å²) in [7, 11) is 1.63. The number of hydrogen-bond donors (Lipinski definition) is 1. The highest BCUT2D eigenvalue weighted by atomic mass is 16.6. The number of nitriles is 1. The number of nitrogens with zero attached hydrogens (tertiary/aromatic N) is 7. The van der Waals surface area contributed by atoms with E-state index < -0.39 is 5.79 Å². The summed E-state index contributed by atoms with van der Waals surface area (Å²) in [4.78, 5) is 14.1. The minimum atomic E-state index is -1.13. The van der Waals surface area contributed by atoms with Crippen LogP contribution < -0.4 is 14.4 Å². The summed E-state index contributed by atoms with van der Waals surface area (Å²) in [6.45, 7) is 2.75. The fourth-order valence-corrected chi connectivity index (χ4v) is 5.96. The van der Waals surface area contributed by atoms with Gasteiger partial charge in [0.2, 0.25) is 11.7 Å². The third-order valence-electron chi connectivity index (χ3n) is 8.25. The summed E-state index contributed by atoms with van der Waals surface area (Å²) >= 11 is 0. The average Bonchev–Trinajstić information content (AvgIpc) is 3.38. The maximum Gasteiger partial charge on any atom is 0.212 e. The third kappa shape index (κ3) is 4.24. The summed E-state index contributed by atoms with van der Waals surface area (Å²) in [6.07, 6.45) is 10.4. The molecule has 10 nitrogen and oxygen atoms in total. The first-order valence-electron chi connectivity index (χ1n) is 13.3. The van der Waals surface area contributed by atoms with Crippen molar-refractivity contribution < 1.29 is 14.6 Å². The van der Waals surface area contributed by atoms with Crippen molar-refractivity contribution in [3.05, 3.63) is 66.2 Å². The van der Waals surface area contributed by atoms with Gasteiger partial charge in [-0.2, -0.15) is 10.4 Å². The first-order chi connectivity index (χ1) is 19.0. The fraction of sp³-hybridized carbons (Fsp3) is 0.379. The van der Waals surface area contributed by atoms with E-state index in [9.17, 15) is 10.4 Å². The van der Waals surface area contributed by atoms with Crippen molar-refractivity contribution in [1.29, 1.82) is 5.26 Å². The maximum absolute atomic E-state index is 10.5. The third-order valence-corrected chi connectivity index (χ3v) is 8.25. The van der Waals surface area contributed by atoms with E-state index in [-0.39, 0.29) is 0 Å². The predicted octanol–water partition coefficient (Wildman–Crippen LogP) is 3.39. The summed E-state index contributed by atoms with van der Waals surface area (Å²) < 4.78 is 12.7. The zero-order valence-electron chi connectivity index (χ0n) is 21.7. The molecule has 4 aliphatic rings. The van der Waals surface area contributed by atoms with Gasteiger partial charge in [0.1, 0.15) is 17.6 Å². The van der Waals surface area contributed by atoms with Crippen LogP contribution in [-0.4, -0.2) is 67.7 Å². The van der Waals surface area contributed by atoms with Gasteiger partial charge >= 0.3 is 0 Å². The molecule has 1 N–H and O–H groups in total.